The highest BCUT2D eigenvalue weighted by Crippen LogP contribution is 2.33. The summed E-state index contributed by atoms with van der Waals surface area (Å²) in [4.78, 5) is 19.2. The van der Waals surface area contributed by atoms with E-state index in [9.17, 15) is 4.79 Å². The highest BCUT2D eigenvalue weighted by Gasteiger charge is 2.24. The van der Waals surface area contributed by atoms with Gasteiger partial charge in [0, 0.05) is 25.8 Å². The van der Waals surface area contributed by atoms with E-state index in [1.807, 2.05) is 29.2 Å². The van der Waals surface area contributed by atoms with Gasteiger partial charge in [0.25, 0.3) is 5.91 Å². The van der Waals surface area contributed by atoms with Crippen LogP contribution in [0.4, 0.5) is 5.82 Å². The van der Waals surface area contributed by atoms with Crippen molar-refractivity contribution in [3.8, 4) is 11.5 Å². The number of pyridine rings is 1. The maximum Gasteiger partial charge on any atom is 0.255 e. The fourth-order valence-electron chi connectivity index (χ4n) is 3.35. The van der Waals surface area contributed by atoms with Crippen LogP contribution in [0.5, 0.6) is 11.5 Å². The first-order chi connectivity index (χ1) is 13.5. The maximum absolute atomic E-state index is 12.9. The van der Waals surface area contributed by atoms with Crippen LogP contribution in [0.25, 0.3) is 0 Å². The zero-order valence-electron chi connectivity index (χ0n) is 17.1. The van der Waals surface area contributed by atoms with Crippen LogP contribution in [0.3, 0.4) is 0 Å². The summed E-state index contributed by atoms with van der Waals surface area (Å²) in [5, 5.41) is 3.30. The molecule has 0 unspecified atom stereocenters. The number of anilines is 1. The highest BCUT2D eigenvalue weighted by molar-refractivity contribution is 5.94. The second-order valence-corrected chi connectivity index (χ2v) is 7.49. The number of fused-ring (bicyclic) bond motifs is 1. The Labute approximate surface area is 166 Å². The lowest BCUT2D eigenvalue weighted by molar-refractivity contribution is 0.0734. The van der Waals surface area contributed by atoms with Crippen LogP contribution >= 0.6 is 0 Å². The molecule has 0 saturated carbocycles. The summed E-state index contributed by atoms with van der Waals surface area (Å²) in [5.74, 6) is 2.87. The minimum Gasteiger partial charge on any atom is -0.493 e. The Morgan fingerprint density at radius 1 is 1.18 bits per heavy atom. The van der Waals surface area contributed by atoms with E-state index in [-0.39, 0.29) is 5.91 Å². The molecular formula is C22H29N3O3. The number of rotatable bonds is 7. The number of hydrogen-bond donors (Lipinski definition) is 1. The van der Waals surface area contributed by atoms with Crippen molar-refractivity contribution in [2.45, 2.75) is 33.2 Å². The molecule has 2 aromatic rings. The van der Waals surface area contributed by atoms with Crippen LogP contribution in [0.15, 0.2) is 30.5 Å². The van der Waals surface area contributed by atoms with Crippen LogP contribution in [-0.4, -0.2) is 43.1 Å². The van der Waals surface area contributed by atoms with E-state index in [1.165, 1.54) is 5.56 Å². The molecular weight excluding hydrogens is 354 g/mol. The van der Waals surface area contributed by atoms with Gasteiger partial charge in [0.2, 0.25) is 0 Å². The number of carbonyl (C=O) groups excluding carboxylic acids is 1. The predicted octanol–water partition coefficient (Wildman–Crippen LogP) is 3.76. The summed E-state index contributed by atoms with van der Waals surface area (Å²) < 4.78 is 10.8. The molecule has 1 aliphatic rings. The van der Waals surface area contributed by atoms with E-state index in [2.05, 4.69) is 24.1 Å². The smallest absolute Gasteiger partial charge is 0.255 e. The van der Waals surface area contributed by atoms with E-state index in [1.54, 1.807) is 20.4 Å². The number of amides is 1. The topological polar surface area (TPSA) is 63.7 Å². The van der Waals surface area contributed by atoms with Crippen LogP contribution in [0, 0.1) is 5.92 Å². The van der Waals surface area contributed by atoms with Gasteiger partial charge in [0.05, 0.1) is 19.8 Å². The Morgan fingerprint density at radius 3 is 2.50 bits per heavy atom. The van der Waals surface area contributed by atoms with Gasteiger partial charge in [-0.2, -0.15) is 0 Å². The fraction of sp³-hybridized carbons (Fsp3) is 0.455. The van der Waals surface area contributed by atoms with Gasteiger partial charge < -0.3 is 19.7 Å². The molecule has 6 heteroatoms. The summed E-state index contributed by atoms with van der Waals surface area (Å²) in [6.07, 6.45) is 3.54. The molecule has 1 amide bonds. The number of carbonyl (C=O) groups is 1. The first-order valence-corrected chi connectivity index (χ1v) is 9.74. The molecule has 0 bridgehead atoms. The molecule has 150 valence electrons. The average Bonchev–Trinajstić information content (AvgIpc) is 2.72. The Kier molecular flexibility index (Phi) is 6.39. The first-order valence-electron chi connectivity index (χ1n) is 9.74. The number of hydrogen-bond acceptors (Lipinski definition) is 5. The SMILES string of the molecule is COc1cc2c(cc1OC)CN(C(=O)c1ccc(NCCC(C)C)nc1)CC2. The van der Waals surface area contributed by atoms with Crippen LogP contribution in [0.1, 0.15) is 41.8 Å². The fourth-order valence-corrected chi connectivity index (χ4v) is 3.35. The summed E-state index contributed by atoms with van der Waals surface area (Å²) >= 11 is 0. The number of benzene rings is 1. The summed E-state index contributed by atoms with van der Waals surface area (Å²) in [6, 6.07) is 7.69. The average molecular weight is 383 g/mol. The molecule has 1 aliphatic heterocycles. The van der Waals surface area contributed by atoms with Gasteiger partial charge in [-0.3, -0.25) is 4.79 Å². The highest BCUT2D eigenvalue weighted by atomic mass is 16.5. The van der Waals surface area contributed by atoms with E-state index in [0.29, 0.717) is 30.3 Å². The quantitative estimate of drug-likeness (QED) is 0.789. The lowest BCUT2D eigenvalue weighted by Crippen LogP contribution is -2.36. The van der Waals surface area contributed by atoms with Crippen molar-refractivity contribution >= 4 is 11.7 Å². The second-order valence-electron chi connectivity index (χ2n) is 7.49. The number of nitrogens with one attached hydrogen (secondary N) is 1. The molecule has 1 aromatic heterocycles. The minimum atomic E-state index is 0.00154. The number of ether oxygens (including phenoxy) is 2. The second kappa shape index (κ2) is 8.95. The summed E-state index contributed by atoms with van der Waals surface area (Å²) in [5.41, 5.74) is 2.90. The van der Waals surface area contributed by atoms with Gasteiger partial charge in [-0.25, -0.2) is 4.98 Å². The Balaban J connectivity index is 1.67. The molecule has 28 heavy (non-hydrogen) atoms. The van der Waals surface area contributed by atoms with Crippen molar-refractivity contribution in [3.05, 3.63) is 47.2 Å². The van der Waals surface area contributed by atoms with Crippen LogP contribution in [-0.2, 0) is 13.0 Å². The van der Waals surface area contributed by atoms with E-state index in [4.69, 9.17) is 9.47 Å². The van der Waals surface area contributed by atoms with Crippen molar-refractivity contribution in [3.63, 3.8) is 0 Å². The molecule has 2 heterocycles. The monoisotopic (exact) mass is 383 g/mol. The minimum absolute atomic E-state index is 0.00154. The predicted molar refractivity (Wildman–Crippen MR) is 110 cm³/mol. The van der Waals surface area contributed by atoms with Crippen molar-refractivity contribution in [1.29, 1.82) is 0 Å². The van der Waals surface area contributed by atoms with Gasteiger partial charge in [-0.15, -0.1) is 0 Å². The van der Waals surface area contributed by atoms with Gasteiger partial charge in [0.1, 0.15) is 5.82 Å². The third kappa shape index (κ3) is 4.55. The molecule has 0 atom stereocenters. The van der Waals surface area contributed by atoms with Crippen LogP contribution in [0.2, 0.25) is 0 Å². The van der Waals surface area contributed by atoms with Gasteiger partial charge in [0.15, 0.2) is 11.5 Å². The zero-order valence-corrected chi connectivity index (χ0v) is 17.1. The molecule has 6 nitrogen and oxygen atoms in total. The largest absolute Gasteiger partial charge is 0.493 e. The zero-order chi connectivity index (χ0) is 20.1. The van der Waals surface area contributed by atoms with Crippen molar-refractivity contribution < 1.29 is 14.3 Å². The molecule has 1 aromatic carbocycles. The third-order valence-electron chi connectivity index (χ3n) is 5.04. The molecule has 3 rings (SSSR count). The Morgan fingerprint density at radius 2 is 1.89 bits per heavy atom. The van der Waals surface area contributed by atoms with Gasteiger partial charge in [-0.05, 0) is 54.2 Å². The first kappa shape index (κ1) is 20.0. The lowest BCUT2D eigenvalue weighted by atomic mass is 9.98. The van der Waals surface area contributed by atoms with E-state index in [0.717, 1.165) is 36.5 Å². The molecule has 0 spiro atoms. The maximum atomic E-state index is 12.9. The number of methoxy groups -OCH3 is 2. The van der Waals surface area contributed by atoms with Crippen molar-refractivity contribution in [1.82, 2.24) is 9.88 Å². The molecule has 1 N–H and O–H groups in total. The van der Waals surface area contributed by atoms with E-state index < -0.39 is 0 Å². The van der Waals surface area contributed by atoms with Crippen molar-refractivity contribution in [2.24, 2.45) is 5.92 Å². The normalized spacial score (nSPS) is 13.2. The molecule has 0 aliphatic carbocycles. The van der Waals surface area contributed by atoms with Crippen molar-refractivity contribution in [2.75, 3.05) is 32.6 Å². The van der Waals surface area contributed by atoms with Gasteiger partial charge >= 0.3 is 0 Å². The number of nitrogens with zero attached hydrogens (tertiary/aromatic N) is 2. The molecule has 0 fully saturated rings. The lowest BCUT2D eigenvalue weighted by Gasteiger charge is -2.29. The molecule has 0 saturated heterocycles. The van der Waals surface area contributed by atoms with Crippen LogP contribution < -0.4 is 14.8 Å². The Hall–Kier alpha value is -2.76. The summed E-state index contributed by atoms with van der Waals surface area (Å²) in [7, 11) is 3.26. The van der Waals surface area contributed by atoms with E-state index >= 15 is 0 Å². The Bertz CT molecular complexity index is 819. The summed E-state index contributed by atoms with van der Waals surface area (Å²) in [6.45, 7) is 6.50. The molecule has 0 radical (unpaired) electrons. The third-order valence-corrected chi connectivity index (χ3v) is 5.04. The number of aromatic nitrogens is 1. The van der Waals surface area contributed by atoms with Gasteiger partial charge in [-0.1, -0.05) is 13.8 Å². The standard InChI is InChI=1S/C22H29N3O3/c1-15(2)7-9-23-21-6-5-17(13-24-21)22(26)25-10-8-16-11-19(27-3)20(28-4)12-18(16)14-25/h5-6,11-13,15H,7-10,14H2,1-4H3,(H,23,24).